The van der Waals surface area contributed by atoms with E-state index < -0.39 is 5.82 Å². The smallest absolute Gasteiger partial charge is 0.274 e. The van der Waals surface area contributed by atoms with Gasteiger partial charge in [-0.2, -0.15) is 0 Å². The van der Waals surface area contributed by atoms with Crippen molar-refractivity contribution in [1.29, 1.82) is 0 Å². The van der Waals surface area contributed by atoms with Gasteiger partial charge in [-0.1, -0.05) is 17.7 Å². The van der Waals surface area contributed by atoms with Crippen molar-refractivity contribution in [2.45, 2.75) is 26.2 Å². The Bertz CT molecular complexity index is 1340. The number of carbonyl (C=O) groups is 1. The van der Waals surface area contributed by atoms with Crippen molar-refractivity contribution in [3.63, 3.8) is 0 Å². The van der Waals surface area contributed by atoms with Gasteiger partial charge in [-0.05, 0) is 73.6 Å². The Morgan fingerprint density at radius 2 is 2.06 bits per heavy atom. The lowest BCUT2D eigenvalue weighted by molar-refractivity contribution is 0.0745. The molecule has 33 heavy (non-hydrogen) atoms. The number of H-pyrrole nitrogens is 1. The fourth-order valence-electron chi connectivity index (χ4n) is 4.06. The molecule has 0 saturated heterocycles. The number of amides is 1. The van der Waals surface area contributed by atoms with Crippen LogP contribution in [0.15, 0.2) is 42.6 Å². The van der Waals surface area contributed by atoms with Gasteiger partial charge in [0.15, 0.2) is 0 Å². The summed E-state index contributed by atoms with van der Waals surface area (Å²) in [6.07, 6.45) is 4.70. The molecule has 1 aliphatic carbocycles. The largest absolute Gasteiger partial charge is 0.361 e. The minimum atomic E-state index is -0.500. The van der Waals surface area contributed by atoms with Gasteiger partial charge in [0.1, 0.15) is 17.3 Å². The minimum absolute atomic E-state index is 0.0124. The fraction of sp³-hybridized carbons (Fsp3) is 0.280. The van der Waals surface area contributed by atoms with E-state index in [4.69, 9.17) is 11.6 Å². The lowest BCUT2D eigenvalue weighted by atomic mass is 10.1. The van der Waals surface area contributed by atoms with Crippen molar-refractivity contribution < 1.29 is 13.6 Å². The third-order valence-corrected chi connectivity index (χ3v) is 7.27. The minimum Gasteiger partial charge on any atom is -0.361 e. The van der Waals surface area contributed by atoms with Crippen molar-refractivity contribution in [3.8, 4) is 10.4 Å². The van der Waals surface area contributed by atoms with Crippen LogP contribution in [0.4, 0.5) is 8.78 Å². The molecule has 5 rings (SSSR count). The Kier molecular flexibility index (Phi) is 5.93. The number of aromatic nitrogens is 2. The molecule has 1 amide bonds. The number of rotatable bonds is 7. The van der Waals surface area contributed by atoms with Crippen LogP contribution in [-0.2, 0) is 6.42 Å². The first-order valence-corrected chi connectivity index (χ1v) is 12.1. The van der Waals surface area contributed by atoms with Gasteiger partial charge in [-0.15, -0.1) is 11.3 Å². The summed E-state index contributed by atoms with van der Waals surface area (Å²) in [5.41, 5.74) is 2.88. The van der Waals surface area contributed by atoms with E-state index in [1.807, 2.05) is 18.0 Å². The molecule has 1 fully saturated rings. The predicted octanol–water partition coefficient (Wildman–Crippen LogP) is 6.63. The lowest BCUT2D eigenvalue weighted by Crippen LogP contribution is -2.35. The van der Waals surface area contributed by atoms with E-state index in [9.17, 15) is 13.6 Å². The van der Waals surface area contributed by atoms with Crippen LogP contribution < -0.4 is 0 Å². The number of nitrogens with one attached hydrogen (secondary N) is 1. The summed E-state index contributed by atoms with van der Waals surface area (Å²) in [6, 6.07) is 9.13. The number of nitrogens with zero attached hydrogens (tertiary/aromatic N) is 2. The maximum absolute atomic E-state index is 13.8. The standard InChI is InChI=1S/C25H22ClF2N3OS/c1-14-30-23(24(33-14)16-4-6-21(28)20(26)10-16)25(32)31(13-15-2-3-15)9-8-17-12-29-22-7-5-18(27)11-19(17)22/h4-7,10-12,15,29H,2-3,8-9,13H2,1H3. The number of halogens is 3. The maximum Gasteiger partial charge on any atom is 0.274 e. The Hall–Kier alpha value is -2.77. The van der Waals surface area contributed by atoms with Crippen LogP contribution in [0.5, 0.6) is 0 Å². The van der Waals surface area contributed by atoms with Gasteiger partial charge in [-0.25, -0.2) is 13.8 Å². The van der Waals surface area contributed by atoms with E-state index in [1.54, 1.807) is 12.1 Å². The van der Waals surface area contributed by atoms with E-state index in [0.717, 1.165) is 34.3 Å². The van der Waals surface area contributed by atoms with Crippen LogP contribution in [0.2, 0.25) is 5.02 Å². The highest BCUT2D eigenvalue weighted by Gasteiger charge is 2.30. The Labute approximate surface area is 199 Å². The first-order chi connectivity index (χ1) is 15.9. The molecule has 4 nitrogen and oxygen atoms in total. The number of hydrogen-bond acceptors (Lipinski definition) is 3. The molecule has 1 aliphatic rings. The zero-order valence-electron chi connectivity index (χ0n) is 18.0. The summed E-state index contributed by atoms with van der Waals surface area (Å²) < 4.78 is 27.4. The van der Waals surface area contributed by atoms with E-state index in [0.29, 0.717) is 41.6 Å². The van der Waals surface area contributed by atoms with Gasteiger partial charge in [-0.3, -0.25) is 4.79 Å². The van der Waals surface area contributed by atoms with E-state index in [-0.39, 0.29) is 16.7 Å². The molecule has 2 heterocycles. The second kappa shape index (κ2) is 8.88. The van der Waals surface area contributed by atoms with Gasteiger partial charge in [0.2, 0.25) is 0 Å². The second-order valence-electron chi connectivity index (χ2n) is 8.49. The highest BCUT2D eigenvalue weighted by atomic mass is 35.5. The second-order valence-corrected chi connectivity index (χ2v) is 10.1. The average Bonchev–Trinajstić information content (AvgIpc) is 3.40. The SMILES string of the molecule is Cc1nc(C(=O)N(CCc2c[nH]c3ccc(F)cc23)CC2CC2)c(-c2ccc(F)c(Cl)c2)s1. The highest BCUT2D eigenvalue weighted by Crippen LogP contribution is 2.35. The highest BCUT2D eigenvalue weighted by molar-refractivity contribution is 7.15. The molecular formula is C25H22ClF2N3OS. The average molecular weight is 486 g/mol. The van der Waals surface area contributed by atoms with E-state index >= 15 is 0 Å². The van der Waals surface area contributed by atoms with Crippen molar-refractivity contribution in [2.75, 3.05) is 13.1 Å². The molecule has 170 valence electrons. The van der Waals surface area contributed by atoms with Gasteiger partial charge >= 0.3 is 0 Å². The molecule has 0 atom stereocenters. The summed E-state index contributed by atoms with van der Waals surface area (Å²) >= 11 is 7.39. The Morgan fingerprint density at radius 1 is 1.24 bits per heavy atom. The predicted molar refractivity (Wildman–Crippen MR) is 128 cm³/mol. The normalized spacial score (nSPS) is 13.6. The van der Waals surface area contributed by atoms with E-state index in [2.05, 4.69) is 9.97 Å². The zero-order valence-corrected chi connectivity index (χ0v) is 19.6. The Morgan fingerprint density at radius 3 is 2.82 bits per heavy atom. The molecule has 8 heteroatoms. The molecule has 0 aliphatic heterocycles. The molecule has 2 aromatic heterocycles. The van der Waals surface area contributed by atoms with Crippen LogP contribution in [0, 0.1) is 24.5 Å². The molecule has 2 aromatic carbocycles. The van der Waals surface area contributed by atoms with Crippen LogP contribution in [0.3, 0.4) is 0 Å². The number of hydrogen-bond donors (Lipinski definition) is 1. The molecule has 1 saturated carbocycles. The van der Waals surface area contributed by atoms with Crippen LogP contribution in [0.1, 0.15) is 33.9 Å². The summed E-state index contributed by atoms with van der Waals surface area (Å²) in [7, 11) is 0. The molecule has 0 bridgehead atoms. The Balaban J connectivity index is 1.43. The first-order valence-electron chi connectivity index (χ1n) is 10.9. The summed E-state index contributed by atoms with van der Waals surface area (Å²) in [4.78, 5) is 23.9. The number of aryl methyl sites for hydroxylation is 1. The monoisotopic (exact) mass is 485 g/mol. The van der Waals surface area contributed by atoms with Crippen molar-refractivity contribution in [1.82, 2.24) is 14.9 Å². The van der Waals surface area contributed by atoms with Crippen molar-refractivity contribution >= 4 is 39.7 Å². The molecule has 0 unspecified atom stereocenters. The van der Waals surface area contributed by atoms with E-state index in [1.165, 1.54) is 35.6 Å². The quantitative estimate of drug-likeness (QED) is 0.319. The third-order valence-electron chi connectivity index (χ3n) is 5.96. The van der Waals surface area contributed by atoms with Crippen LogP contribution in [0.25, 0.3) is 21.3 Å². The summed E-state index contributed by atoms with van der Waals surface area (Å²) in [5, 5.41) is 1.60. The molecule has 1 N–H and O–H groups in total. The molecule has 4 aromatic rings. The number of benzene rings is 2. The van der Waals surface area contributed by atoms with Gasteiger partial charge in [0.25, 0.3) is 5.91 Å². The molecular weight excluding hydrogens is 464 g/mol. The molecule has 0 spiro atoms. The number of aromatic amines is 1. The van der Waals surface area contributed by atoms with Crippen LogP contribution >= 0.6 is 22.9 Å². The number of fused-ring (bicyclic) bond motifs is 1. The molecule has 0 radical (unpaired) electrons. The van der Waals surface area contributed by atoms with Crippen molar-refractivity contribution in [3.05, 3.63) is 75.5 Å². The van der Waals surface area contributed by atoms with Crippen LogP contribution in [-0.4, -0.2) is 33.9 Å². The maximum atomic E-state index is 13.8. The van der Waals surface area contributed by atoms with Gasteiger partial charge in [0, 0.05) is 30.2 Å². The summed E-state index contributed by atoms with van der Waals surface area (Å²) in [5.74, 6) is -0.430. The van der Waals surface area contributed by atoms with Crippen molar-refractivity contribution in [2.24, 2.45) is 5.92 Å². The fourth-order valence-corrected chi connectivity index (χ4v) is 5.14. The zero-order chi connectivity index (χ0) is 23.1. The topological polar surface area (TPSA) is 49.0 Å². The number of carbonyl (C=O) groups excluding carboxylic acids is 1. The van der Waals surface area contributed by atoms with Gasteiger partial charge in [0.05, 0.1) is 14.9 Å². The summed E-state index contributed by atoms with van der Waals surface area (Å²) in [6.45, 7) is 3.01. The first kappa shape index (κ1) is 22.0. The third kappa shape index (κ3) is 4.66. The number of thiazole rings is 1. The van der Waals surface area contributed by atoms with Gasteiger partial charge < -0.3 is 9.88 Å². The lowest BCUT2D eigenvalue weighted by Gasteiger charge is -2.22.